The average molecular weight is 414 g/mol. The van der Waals surface area contributed by atoms with Crippen LogP contribution < -0.4 is 0 Å². The Morgan fingerprint density at radius 1 is 0.968 bits per heavy atom. The Morgan fingerprint density at radius 3 is 2.42 bits per heavy atom. The lowest BCUT2D eigenvalue weighted by atomic mass is 9.93. The van der Waals surface area contributed by atoms with Gasteiger partial charge in [-0.25, -0.2) is 0 Å². The van der Waals surface area contributed by atoms with Crippen LogP contribution in [0, 0.1) is 0 Å². The third-order valence-electron chi connectivity index (χ3n) is 5.78. The Bertz CT molecular complexity index is 1040. The van der Waals surface area contributed by atoms with Gasteiger partial charge in [0.2, 0.25) is 5.91 Å². The van der Waals surface area contributed by atoms with Crippen LogP contribution in [0.2, 0.25) is 0 Å². The third-order valence-corrected chi connectivity index (χ3v) is 5.78. The molecular weight excluding hydrogens is 386 g/mol. The summed E-state index contributed by atoms with van der Waals surface area (Å²) in [6, 6.07) is 20.7. The summed E-state index contributed by atoms with van der Waals surface area (Å²) in [4.78, 5) is 34.5. The van der Waals surface area contributed by atoms with E-state index in [2.05, 4.69) is 18.0 Å². The molecular formula is C26H27N3O2. The van der Waals surface area contributed by atoms with Crippen LogP contribution in [0.15, 0.2) is 79.1 Å². The van der Waals surface area contributed by atoms with Crippen molar-refractivity contribution in [3.8, 4) is 11.1 Å². The van der Waals surface area contributed by atoms with Crippen molar-refractivity contribution in [3.63, 3.8) is 0 Å². The van der Waals surface area contributed by atoms with E-state index >= 15 is 0 Å². The number of nitrogens with zero attached hydrogens (tertiary/aromatic N) is 3. The molecule has 1 fully saturated rings. The lowest BCUT2D eigenvalue weighted by Crippen LogP contribution is -2.59. The molecule has 1 saturated heterocycles. The SMILES string of the molecule is CCCN1CCN(C(=O)c2ccccc2)[C@H](Cc2ccccc2-c2ccncc2)C1=O. The van der Waals surface area contributed by atoms with E-state index in [0.717, 1.165) is 23.1 Å². The van der Waals surface area contributed by atoms with E-state index < -0.39 is 6.04 Å². The Labute approximate surface area is 183 Å². The highest BCUT2D eigenvalue weighted by Crippen LogP contribution is 2.27. The normalized spacial score (nSPS) is 16.4. The van der Waals surface area contributed by atoms with E-state index in [0.29, 0.717) is 31.6 Å². The van der Waals surface area contributed by atoms with Crippen molar-refractivity contribution < 1.29 is 9.59 Å². The molecule has 0 N–H and O–H groups in total. The largest absolute Gasteiger partial charge is 0.339 e. The highest BCUT2D eigenvalue weighted by atomic mass is 16.2. The molecule has 0 spiro atoms. The zero-order valence-electron chi connectivity index (χ0n) is 17.8. The standard InChI is InChI=1S/C26H27N3O2/c1-2-16-28-17-18-29(25(30)21-8-4-3-5-9-21)24(26(28)31)19-22-10-6-7-11-23(22)20-12-14-27-15-13-20/h3-15,24H,2,16-19H2,1H3/t24-/m1/s1. The molecule has 0 saturated carbocycles. The zero-order chi connectivity index (χ0) is 21.6. The fourth-order valence-corrected chi connectivity index (χ4v) is 4.24. The van der Waals surface area contributed by atoms with E-state index in [4.69, 9.17) is 0 Å². The van der Waals surface area contributed by atoms with Crippen molar-refractivity contribution in [2.24, 2.45) is 0 Å². The van der Waals surface area contributed by atoms with Gasteiger partial charge in [-0.15, -0.1) is 0 Å². The maximum absolute atomic E-state index is 13.4. The van der Waals surface area contributed by atoms with Crippen LogP contribution in [0.1, 0.15) is 29.3 Å². The zero-order valence-corrected chi connectivity index (χ0v) is 17.8. The minimum absolute atomic E-state index is 0.0295. The van der Waals surface area contributed by atoms with Gasteiger partial charge in [0.1, 0.15) is 6.04 Å². The molecule has 2 amide bonds. The van der Waals surface area contributed by atoms with Crippen LogP contribution in [0.25, 0.3) is 11.1 Å². The first kappa shape index (κ1) is 20.8. The van der Waals surface area contributed by atoms with Crippen LogP contribution >= 0.6 is 0 Å². The van der Waals surface area contributed by atoms with E-state index in [9.17, 15) is 9.59 Å². The van der Waals surface area contributed by atoms with Gasteiger partial charge in [0.05, 0.1) is 0 Å². The molecule has 1 aliphatic heterocycles. The number of amides is 2. The van der Waals surface area contributed by atoms with Gasteiger partial charge < -0.3 is 9.80 Å². The summed E-state index contributed by atoms with van der Waals surface area (Å²) in [6.07, 6.45) is 4.92. The lowest BCUT2D eigenvalue weighted by Gasteiger charge is -2.41. The molecule has 2 aromatic carbocycles. The Kier molecular flexibility index (Phi) is 6.41. The van der Waals surface area contributed by atoms with Crippen LogP contribution in [0.3, 0.4) is 0 Å². The van der Waals surface area contributed by atoms with E-state index in [1.807, 2.05) is 65.6 Å². The number of pyridine rings is 1. The summed E-state index contributed by atoms with van der Waals surface area (Å²) < 4.78 is 0. The van der Waals surface area contributed by atoms with Crippen LogP contribution in [-0.4, -0.2) is 52.3 Å². The Morgan fingerprint density at radius 2 is 1.68 bits per heavy atom. The number of hydrogen-bond acceptors (Lipinski definition) is 3. The first-order valence-corrected chi connectivity index (χ1v) is 10.8. The molecule has 5 nitrogen and oxygen atoms in total. The maximum Gasteiger partial charge on any atom is 0.254 e. The van der Waals surface area contributed by atoms with Gasteiger partial charge in [-0.1, -0.05) is 49.4 Å². The first-order chi connectivity index (χ1) is 15.2. The smallest absolute Gasteiger partial charge is 0.254 e. The number of rotatable bonds is 6. The fraction of sp³-hybridized carbons (Fsp3) is 0.269. The Balaban J connectivity index is 1.68. The first-order valence-electron chi connectivity index (χ1n) is 10.8. The second-order valence-corrected chi connectivity index (χ2v) is 7.80. The molecule has 4 rings (SSSR count). The van der Waals surface area contributed by atoms with Gasteiger partial charge in [0.25, 0.3) is 5.91 Å². The summed E-state index contributed by atoms with van der Waals surface area (Å²) in [5.41, 5.74) is 3.79. The van der Waals surface area contributed by atoms with Crippen molar-refractivity contribution in [2.75, 3.05) is 19.6 Å². The molecule has 1 aromatic heterocycles. The number of carbonyl (C=O) groups excluding carboxylic acids is 2. The van der Waals surface area contributed by atoms with E-state index in [1.54, 1.807) is 17.3 Å². The summed E-state index contributed by atoms with van der Waals surface area (Å²) in [5, 5.41) is 0. The summed E-state index contributed by atoms with van der Waals surface area (Å²) in [7, 11) is 0. The predicted octanol–water partition coefficient (Wildman–Crippen LogP) is 4.05. The minimum Gasteiger partial charge on any atom is -0.339 e. The predicted molar refractivity (Wildman–Crippen MR) is 122 cm³/mol. The van der Waals surface area contributed by atoms with Crippen molar-refractivity contribution in [1.29, 1.82) is 0 Å². The number of carbonyl (C=O) groups is 2. The molecule has 31 heavy (non-hydrogen) atoms. The number of benzene rings is 2. The summed E-state index contributed by atoms with van der Waals surface area (Å²) >= 11 is 0. The quantitative estimate of drug-likeness (QED) is 0.613. The van der Waals surface area contributed by atoms with Crippen LogP contribution in [0.5, 0.6) is 0 Å². The minimum atomic E-state index is -0.518. The monoisotopic (exact) mass is 413 g/mol. The molecule has 0 radical (unpaired) electrons. The van der Waals surface area contributed by atoms with E-state index in [1.165, 1.54) is 0 Å². The van der Waals surface area contributed by atoms with E-state index in [-0.39, 0.29) is 11.8 Å². The molecule has 0 aliphatic carbocycles. The van der Waals surface area contributed by atoms with Crippen LogP contribution in [0.4, 0.5) is 0 Å². The highest BCUT2D eigenvalue weighted by Gasteiger charge is 2.37. The van der Waals surface area contributed by atoms with Gasteiger partial charge in [0.15, 0.2) is 0 Å². The van der Waals surface area contributed by atoms with Crippen molar-refractivity contribution in [2.45, 2.75) is 25.8 Å². The lowest BCUT2D eigenvalue weighted by molar-refractivity contribution is -0.140. The molecule has 3 aromatic rings. The fourth-order valence-electron chi connectivity index (χ4n) is 4.24. The molecule has 0 bridgehead atoms. The van der Waals surface area contributed by atoms with Crippen molar-refractivity contribution in [1.82, 2.24) is 14.8 Å². The maximum atomic E-state index is 13.4. The highest BCUT2D eigenvalue weighted by molar-refractivity contribution is 5.98. The second kappa shape index (κ2) is 9.56. The van der Waals surface area contributed by atoms with Gasteiger partial charge in [-0.3, -0.25) is 14.6 Å². The Hall–Kier alpha value is -3.47. The molecule has 0 unspecified atom stereocenters. The topological polar surface area (TPSA) is 53.5 Å². The molecule has 1 atom stereocenters. The van der Waals surface area contributed by atoms with Gasteiger partial charge in [-0.2, -0.15) is 0 Å². The van der Waals surface area contributed by atoms with Gasteiger partial charge in [0, 0.05) is 44.0 Å². The molecule has 5 heteroatoms. The van der Waals surface area contributed by atoms with Gasteiger partial charge >= 0.3 is 0 Å². The molecule has 158 valence electrons. The summed E-state index contributed by atoms with van der Waals surface area (Å²) in [6.45, 7) is 3.91. The average Bonchev–Trinajstić information content (AvgIpc) is 2.83. The molecule has 1 aliphatic rings. The van der Waals surface area contributed by atoms with Gasteiger partial charge in [-0.05, 0) is 47.4 Å². The number of hydrogen-bond donors (Lipinski definition) is 0. The van der Waals surface area contributed by atoms with Crippen LogP contribution in [-0.2, 0) is 11.2 Å². The molecule has 2 heterocycles. The van der Waals surface area contributed by atoms with Crippen molar-refractivity contribution in [3.05, 3.63) is 90.3 Å². The number of aromatic nitrogens is 1. The summed E-state index contributed by atoms with van der Waals surface area (Å²) in [5.74, 6) is -0.0570. The third kappa shape index (κ3) is 4.50. The number of piperazine rings is 1. The second-order valence-electron chi connectivity index (χ2n) is 7.80. The van der Waals surface area contributed by atoms with Crippen molar-refractivity contribution >= 4 is 11.8 Å².